The summed E-state index contributed by atoms with van der Waals surface area (Å²) in [6, 6.07) is 8.73. The van der Waals surface area contributed by atoms with Crippen LogP contribution in [0.3, 0.4) is 0 Å². The van der Waals surface area contributed by atoms with E-state index in [-0.39, 0.29) is 29.8 Å². The van der Waals surface area contributed by atoms with E-state index in [1.165, 1.54) is 12.1 Å². The van der Waals surface area contributed by atoms with Crippen molar-refractivity contribution >= 4 is 35.6 Å². The van der Waals surface area contributed by atoms with Crippen molar-refractivity contribution in [2.45, 2.75) is 13.5 Å². The van der Waals surface area contributed by atoms with Crippen molar-refractivity contribution in [1.29, 1.82) is 0 Å². The maximum absolute atomic E-state index is 13.1. The lowest BCUT2D eigenvalue weighted by molar-refractivity contribution is 0.169. The van der Waals surface area contributed by atoms with Crippen LogP contribution in [0.25, 0.3) is 0 Å². The van der Waals surface area contributed by atoms with E-state index >= 15 is 0 Å². The minimum Gasteiger partial charge on any atom is -0.369 e. The van der Waals surface area contributed by atoms with Crippen LogP contribution in [-0.4, -0.2) is 97.8 Å². The molecule has 2 fully saturated rings. The van der Waals surface area contributed by atoms with Gasteiger partial charge >= 0.3 is 0 Å². The molecule has 3 heterocycles. The van der Waals surface area contributed by atoms with Crippen LogP contribution in [-0.2, 0) is 6.54 Å². The van der Waals surface area contributed by atoms with Crippen molar-refractivity contribution in [3.05, 3.63) is 48.1 Å². The fraction of sp³-hybridized carbons (Fsp3) is 0.565. The molecule has 2 aliphatic rings. The Morgan fingerprint density at radius 3 is 2.33 bits per heavy atom. The van der Waals surface area contributed by atoms with Crippen molar-refractivity contribution in [2.24, 2.45) is 4.99 Å². The molecule has 1 aromatic heterocycles. The summed E-state index contributed by atoms with van der Waals surface area (Å²) >= 11 is 0. The molecule has 2 saturated heterocycles. The van der Waals surface area contributed by atoms with Gasteiger partial charge < -0.3 is 19.6 Å². The van der Waals surface area contributed by atoms with E-state index in [1.54, 1.807) is 6.26 Å². The van der Waals surface area contributed by atoms with Gasteiger partial charge in [-0.2, -0.15) is 0 Å². The van der Waals surface area contributed by atoms with Crippen LogP contribution in [0.4, 0.5) is 10.1 Å². The maximum Gasteiger partial charge on any atom is 0.194 e. The molecule has 4 rings (SSSR count). The monoisotopic (exact) mass is 571 g/mol. The first-order chi connectivity index (χ1) is 15.7. The van der Waals surface area contributed by atoms with Crippen LogP contribution in [0.2, 0.25) is 0 Å². The van der Waals surface area contributed by atoms with E-state index in [2.05, 4.69) is 37.0 Å². The SMILES string of the molecule is CCNC(=NCCN1CCN(c2ccc(F)cc2)CC1)N1CCN(Cc2ccon2)CC1.I. The largest absolute Gasteiger partial charge is 0.369 e. The van der Waals surface area contributed by atoms with E-state index in [1.807, 2.05) is 18.2 Å². The van der Waals surface area contributed by atoms with Crippen LogP contribution in [0.1, 0.15) is 12.6 Å². The third-order valence-electron chi connectivity index (χ3n) is 6.13. The standard InChI is InChI=1S/C23H34FN7O.HI/c1-2-25-23(31-16-12-29(13-17-31)19-21-7-18-32-27-21)26-8-9-28-10-14-30(15-11-28)22-5-3-20(24)4-6-22;/h3-7,18H,2,8-17,19H2,1H3,(H,25,26);1H. The Morgan fingerprint density at radius 1 is 1.00 bits per heavy atom. The molecule has 0 amide bonds. The van der Waals surface area contributed by atoms with Crippen LogP contribution in [0, 0.1) is 5.82 Å². The van der Waals surface area contributed by atoms with Gasteiger partial charge in [-0.25, -0.2) is 4.39 Å². The third-order valence-corrected chi connectivity index (χ3v) is 6.13. The number of hydrogen-bond acceptors (Lipinski definition) is 6. The van der Waals surface area contributed by atoms with E-state index in [4.69, 9.17) is 9.52 Å². The minimum atomic E-state index is -0.182. The van der Waals surface area contributed by atoms with Crippen molar-refractivity contribution in [3.63, 3.8) is 0 Å². The molecule has 0 saturated carbocycles. The number of nitrogens with one attached hydrogen (secondary N) is 1. The number of rotatable bonds is 7. The van der Waals surface area contributed by atoms with Gasteiger partial charge in [-0.05, 0) is 31.2 Å². The number of guanidine groups is 1. The molecule has 0 aliphatic carbocycles. The highest BCUT2D eigenvalue weighted by Crippen LogP contribution is 2.16. The van der Waals surface area contributed by atoms with Gasteiger partial charge in [-0.15, -0.1) is 24.0 Å². The second-order valence-electron chi connectivity index (χ2n) is 8.29. The third kappa shape index (κ3) is 7.54. The van der Waals surface area contributed by atoms with Crippen molar-refractivity contribution in [2.75, 3.05) is 76.9 Å². The number of piperazine rings is 2. The Bertz CT molecular complexity index is 833. The highest BCUT2D eigenvalue weighted by molar-refractivity contribution is 14.0. The zero-order chi connectivity index (χ0) is 22.2. The first-order valence-electron chi connectivity index (χ1n) is 11.6. The summed E-state index contributed by atoms with van der Waals surface area (Å²) < 4.78 is 18.1. The maximum atomic E-state index is 13.1. The minimum absolute atomic E-state index is 0. The molecule has 2 aliphatic heterocycles. The average molecular weight is 571 g/mol. The fourth-order valence-electron chi connectivity index (χ4n) is 4.27. The Hall–Kier alpha value is -1.92. The number of nitrogens with zero attached hydrogens (tertiary/aromatic N) is 6. The highest BCUT2D eigenvalue weighted by Gasteiger charge is 2.21. The Kier molecular flexibility index (Phi) is 10.2. The lowest BCUT2D eigenvalue weighted by atomic mass is 10.2. The van der Waals surface area contributed by atoms with Gasteiger partial charge in [0.05, 0.1) is 12.2 Å². The Morgan fingerprint density at radius 2 is 1.70 bits per heavy atom. The second-order valence-corrected chi connectivity index (χ2v) is 8.29. The quantitative estimate of drug-likeness (QED) is 0.311. The molecule has 10 heteroatoms. The Balaban J connectivity index is 0.00000306. The summed E-state index contributed by atoms with van der Waals surface area (Å²) in [5.41, 5.74) is 2.08. The summed E-state index contributed by atoms with van der Waals surface area (Å²) in [5.74, 6) is 0.830. The van der Waals surface area contributed by atoms with Gasteiger partial charge in [-0.3, -0.25) is 14.8 Å². The molecular weight excluding hydrogens is 536 g/mol. The summed E-state index contributed by atoms with van der Waals surface area (Å²) in [5, 5.41) is 7.47. The van der Waals surface area contributed by atoms with Crippen molar-refractivity contribution in [3.8, 4) is 0 Å². The Labute approximate surface area is 212 Å². The molecule has 0 unspecified atom stereocenters. The van der Waals surface area contributed by atoms with E-state index in [0.29, 0.717) is 0 Å². The lowest BCUT2D eigenvalue weighted by Crippen LogP contribution is -2.52. The van der Waals surface area contributed by atoms with Crippen LogP contribution < -0.4 is 10.2 Å². The molecule has 0 radical (unpaired) electrons. The molecule has 8 nitrogen and oxygen atoms in total. The number of hydrogen-bond donors (Lipinski definition) is 1. The first-order valence-corrected chi connectivity index (χ1v) is 11.6. The summed E-state index contributed by atoms with van der Waals surface area (Å²) in [4.78, 5) is 14.4. The predicted molar refractivity (Wildman–Crippen MR) is 140 cm³/mol. The lowest BCUT2D eigenvalue weighted by Gasteiger charge is -2.37. The molecule has 1 N–H and O–H groups in total. The molecule has 33 heavy (non-hydrogen) atoms. The van der Waals surface area contributed by atoms with Crippen LogP contribution >= 0.6 is 24.0 Å². The van der Waals surface area contributed by atoms with Gasteiger partial charge in [0.15, 0.2) is 5.96 Å². The molecule has 0 spiro atoms. The number of halogens is 2. The van der Waals surface area contributed by atoms with Crippen molar-refractivity contribution < 1.29 is 8.91 Å². The summed E-state index contributed by atoms with van der Waals surface area (Å²) in [7, 11) is 0. The molecule has 1 aromatic carbocycles. The highest BCUT2D eigenvalue weighted by atomic mass is 127. The summed E-state index contributed by atoms with van der Waals surface area (Å²) in [6.07, 6.45) is 1.63. The van der Waals surface area contributed by atoms with Crippen LogP contribution in [0.5, 0.6) is 0 Å². The molecule has 0 bridgehead atoms. The topological polar surface area (TPSA) is 63.4 Å². The van der Waals surface area contributed by atoms with Crippen LogP contribution in [0.15, 0.2) is 46.1 Å². The second kappa shape index (κ2) is 13.1. The average Bonchev–Trinajstić information content (AvgIpc) is 3.33. The predicted octanol–water partition coefficient (Wildman–Crippen LogP) is 2.34. The number of anilines is 1. The van der Waals surface area contributed by atoms with Gasteiger partial charge in [0.1, 0.15) is 12.1 Å². The van der Waals surface area contributed by atoms with Gasteiger partial charge in [-0.1, -0.05) is 5.16 Å². The van der Waals surface area contributed by atoms with E-state index in [9.17, 15) is 4.39 Å². The molecular formula is C23H35FIN7O. The fourth-order valence-corrected chi connectivity index (χ4v) is 4.27. The van der Waals surface area contributed by atoms with Gasteiger partial charge in [0.2, 0.25) is 0 Å². The first kappa shape index (κ1) is 25.7. The number of aromatic nitrogens is 1. The van der Waals surface area contributed by atoms with E-state index < -0.39 is 0 Å². The number of benzene rings is 1. The number of aliphatic imine (C=N–C) groups is 1. The van der Waals surface area contributed by atoms with E-state index in [0.717, 1.165) is 95.9 Å². The molecule has 182 valence electrons. The zero-order valence-corrected chi connectivity index (χ0v) is 21.7. The van der Waals surface area contributed by atoms with Gasteiger partial charge in [0.25, 0.3) is 0 Å². The van der Waals surface area contributed by atoms with Gasteiger partial charge in [0, 0.05) is 83.7 Å². The normalized spacial score (nSPS) is 18.3. The molecule has 0 atom stereocenters. The summed E-state index contributed by atoms with van der Waals surface area (Å²) in [6.45, 7) is 13.4. The van der Waals surface area contributed by atoms with Crippen molar-refractivity contribution in [1.82, 2.24) is 25.2 Å². The molecule has 2 aromatic rings. The smallest absolute Gasteiger partial charge is 0.194 e. The zero-order valence-electron chi connectivity index (χ0n) is 19.3.